The van der Waals surface area contributed by atoms with Gasteiger partial charge in [0.1, 0.15) is 30.1 Å². The van der Waals surface area contributed by atoms with E-state index >= 15 is 0 Å². The number of amides is 1. The van der Waals surface area contributed by atoms with Gasteiger partial charge in [0.2, 0.25) is 0 Å². The van der Waals surface area contributed by atoms with E-state index in [1.807, 2.05) is 48.5 Å². The predicted octanol–water partition coefficient (Wildman–Crippen LogP) is 4.10. The van der Waals surface area contributed by atoms with Crippen LogP contribution in [0.3, 0.4) is 0 Å². The van der Waals surface area contributed by atoms with Gasteiger partial charge in [-0.1, -0.05) is 42.5 Å². The lowest BCUT2D eigenvalue weighted by Gasteiger charge is -2.37. The second-order valence-corrected chi connectivity index (χ2v) is 10.7. The Kier molecular flexibility index (Phi) is 7.52. The van der Waals surface area contributed by atoms with E-state index in [9.17, 15) is 4.79 Å². The quantitative estimate of drug-likeness (QED) is 0.343. The maximum absolute atomic E-state index is 12.3. The van der Waals surface area contributed by atoms with Gasteiger partial charge in [-0.3, -0.25) is 0 Å². The Morgan fingerprint density at radius 1 is 1.05 bits per heavy atom. The highest BCUT2D eigenvalue weighted by atomic mass is 16.7. The topological polar surface area (TPSA) is 111 Å². The van der Waals surface area contributed by atoms with Gasteiger partial charge in [0, 0.05) is 50.5 Å². The van der Waals surface area contributed by atoms with Crippen molar-refractivity contribution in [1.82, 2.24) is 29.8 Å². The van der Waals surface area contributed by atoms with Crippen LogP contribution >= 0.6 is 0 Å². The third-order valence-electron chi connectivity index (χ3n) is 7.85. The SMILES string of the molecule is CN1CCN(OC(=O)NCC2CC(n3cc(-c4cccc(OCc5ccccc5)c4)c4c(N)ncnc43)C2)CC1. The summed E-state index contributed by atoms with van der Waals surface area (Å²) in [6.07, 6.45) is 5.13. The Hall–Kier alpha value is -4.15. The van der Waals surface area contributed by atoms with E-state index in [4.69, 9.17) is 15.3 Å². The minimum atomic E-state index is -0.378. The van der Waals surface area contributed by atoms with Gasteiger partial charge in [-0.05, 0) is 49.1 Å². The van der Waals surface area contributed by atoms with Gasteiger partial charge in [0.25, 0.3) is 0 Å². The number of nitrogens with zero attached hydrogens (tertiary/aromatic N) is 5. The number of benzene rings is 2. The van der Waals surface area contributed by atoms with Crippen molar-refractivity contribution in [1.29, 1.82) is 0 Å². The molecule has 1 saturated carbocycles. The fourth-order valence-corrected chi connectivity index (χ4v) is 5.45. The highest BCUT2D eigenvalue weighted by Crippen LogP contribution is 2.43. The molecule has 0 unspecified atom stereocenters. The van der Waals surface area contributed by atoms with Crippen LogP contribution in [0.2, 0.25) is 0 Å². The Bertz CT molecular complexity index is 1460. The van der Waals surface area contributed by atoms with Crippen LogP contribution in [0, 0.1) is 5.92 Å². The molecule has 4 aromatic rings. The first-order valence-corrected chi connectivity index (χ1v) is 13.8. The molecular weight excluding hydrogens is 506 g/mol. The van der Waals surface area contributed by atoms with E-state index in [0.29, 0.717) is 24.9 Å². The number of hydrogen-bond acceptors (Lipinski definition) is 8. The number of anilines is 1. The predicted molar refractivity (Wildman–Crippen MR) is 153 cm³/mol. The van der Waals surface area contributed by atoms with E-state index in [1.54, 1.807) is 5.06 Å². The number of nitrogen functional groups attached to an aromatic ring is 1. The average molecular weight is 542 g/mol. The normalized spacial score (nSPS) is 19.7. The van der Waals surface area contributed by atoms with Gasteiger partial charge >= 0.3 is 6.09 Å². The van der Waals surface area contributed by atoms with Gasteiger partial charge in [-0.25, -0.2) is 14.8 Å². The molecule has 1 aliphatic heterocycles. The molecule has 2 aromatic heterocycles. The monoisotopic (exact) mass is 541 g/mol. The largest absolute Gasteiger partial charge is 0.489 e. The number of carbonyl (C=O) groups is 1. The van der Waals surface area contributed by atoms with Gasteiger partial charge in [-0.15, -0.1) is 5.06 Å². The molecule has 40 heavy (non-hydrogen) atoms. The van der Waals surface area contributed by atoms with Crippen LogP contribution in [0.15, 0.2) is 67.1 Å². The fourth-order valence-electron chi connectivity index (χ4n) is 5.45. The first kappa shape index (κ1) is 26.1. The summed E-state index contributed by atoms with van der Waals surface area (Å²) < 4.78 is 8.28. The minimum absolute atomic E-state index is 0.267. The Labute approximate surface area is 233 Å². The summed E-state index contributed by atoms with van der Waals surface area (Å²) in [5.74, 6) is 1.62. The minimum Gasteiger partial charge on any atom is -0.489 e. The third kappa shape index (κ3) is 5.73. The molecule has 1 saturated heterocycles. The van der Waals surface area contributed by atoms with Gasteiger partial charge in [0.15, 0.2) is 0 Å². The zero-order chi connectivity index (χ0) is 27.5. The second kappa shape index (κ2) is 11.5. The van der Waals surface area contributed by atoms with E-state index in [2.05, 4.69) is 44.1 Å². The highest BCUT2D eigenvalue weighted by molar-refractivity contribution is 6.00. The molecule has 0 atom stereocenters. The molecule has 10 heteroatoms. The lowest BCUT2D eigenvalue weighted by Crippen LogP contribution is -2.47. The molecule has 3 heterocycles. The molecule has 2 aliphatic rings. The van der Waals surface area contributed by atoms with Crippen LogP contribution in [-0.4, -0.2) is 70.4 Å². The number of hydrogen-bond donors (Lipinski definition) is 2. The van der Waals surface area contributed by atoms with Crippen LogP contribution < -0.4 is 15.8 Å². The van der Waals surface area contributed by atoms with Crippen LogP contribution in [0.5, 0.6) is 5.75 Å². The summed E-state index contributed by atoms with van der Waals surface area (Å²) in [6.45, 7) is 4.33. The molecule has 10 nitrogen and oxygen atoms in total. The summed E-state index contributed by atoms with van der Waals surface area (Å²) in [5, 5.41) is 5.52. The van der Waals surface area contributed by atoms with Crippen LogP contribution in [0.25, 0.3) is 22.2 Å². The first-order chi connectivity index (χ1) is 19.5. The zero-order valence-electron chi connectivity index (χ0n) is 22.7. The van der Waals surface area contributed by atoms with Crippen molar-refractivity contribution < 1.29 is 14.4 Å². The summed E-state index contributed by atoms with van der Waals surface area (Å²) in [6, 6.07) is 18.4. The summed E-state index contributed by atoms with van der Waals surface area (Å²) in [5.41, 5.74) is 10.3. The number of ether oxygens (including phenoxy) is 1. The molecular formula is C30H35N7O3. The van der Waals surface area contributed by atoms with Gasteiger partial charge in [0.05, 0.1) is 5.39 Å². The van der Waals surface area contributed by atoms with Crippen molar-refractivity contribution in [2.45, 2.75) is 25.5 Å². The van der Waals surface area contributed by atoms with Crippen molar-refractivity contribution in [3.05, 3.63) is 72.7 Å². The lowest BCUT2D eigenvalue weighted by atomic mass is 9.80. The molecule has 2 fully saturated rings. The van der Waals surface area contributed by atoms with E-state index in [1.165, 1.54) is 6.33 Å². The Morgan fingerprint density at radius 3 is 2.65 bits per heavy atom. The number of likely N-dealkylation sites (N-methyl/N-ethyl adjacent to an activating group) is 1. The molecule has 1 amide bonds. The number of piperazine rings is 1. The standard InChI is InChI=1S/C30H35N7O3/c1-35-10-12-36(13-11-35)40-30(38)32-17-22-14-24(15-22)37-18-26(27-28(31)33-20-34-29(27)37)23-8-5-9-25(16-23)39-19-21-6-3-2-4-7-21/h2-9,16,18,20,22,24H,10-15,17,19H2,1H3,(H,32,38)(H2,31,33,34). The lowest BCUT2D eigenvalue weighted by molar-refractivity contribution is -0.120. The van der Waals surface area contributed by atoms with E-state index in [0.717, 1.165) is 72.5 Å². The van der Waals surface area contributed by atoms with Crippen molar-refractivity contribution >= 4 is 22.9 Å². The molecule has 6 rings (SSSR count). The number of carbonyl (C=O) groups excluding carboxylic acids is 1. The summed E-state index contributed by atoms with van der Waals surface area (Å²) in [7, 11) is 2.07. The summed E-state index contributed by atoms with van der Waals surface area (Å²) in [4.78, 5) is 28.8. The molecule has 3 N–H and O–H groups in total. The third-order valence-corrected chi connectivity index (χ3v) is 7.85. The Balaban J connectivity index is 1.11. The number of fused-ring (bicyclic) bond motifs is 1. The molecule has 0 radical (unpaired) electrons. The molecule has 1 aliphatic carbocycles. The van der Waals surface area contributed by atoms with E-state index < -0.39 is 0 Å². The van der Waals surface area contributed by atoms with Crippen LogP contribution in [-0.2, 0) is 11.4 Å². The van der Waals surface area contributed by atoms with Crippen LogP contribution in [0.4, 0.5) is 10.6 Å². The van der Waals surface area contributed by atoms with Gasteiger partial charge < -0.3 is 30.1 Å². The number of aromatic nitrogens is 3. The van der Waals surface area contributed by atoms with Gasteiger partial charge in [-0.2, -0.15) is 0 Å². The molecule has 0 spiro atoms. The van der Waals surface area contributed by atoms with E-state index in [-0.39, 0.29) is 12.1 Å². The number of nitrogens with one attached hydrogen (secondary N) is 1. The summed E-state index contributed by atoms with van der Waals surface area (Å²) >= 11 is 0. The number of hydroxylamine groups is 2. The Morgan fingerprint density at radius 2 is 1.85 bits per heavy atom. The fraction of sp³-hybridized carbons (Fsp3) is 0.367. The molecule has 0 bridgehead atoms. The maximum Gasteiger partial charge on any atom is 0.426 e. The number of nitrogens with two attached hydrogens (primary N) is 1. The highest BCUT2D eigenvalue weighted by Gasteiger charge is 2.33. The van der Waals surface area contributed by atoms with Crippen molar-refractivity contribution in [2.24, 2.45) is 5.92 Å². The van der Waals surface area contributed by atoms with Crippen molar-refractivity contribution in [3.63, 3.8) is 0 Å². The molecule has 208 valence electrons. The van der Waals surface area contributed by atoms with Crippen LogP contribution in [0.1, 0.15) is 24.4 Å². The van der Waals surface area contributed by atoms with Crippen molar-refractivity contribution in [2.75, 3.05) is 45.5 Å². The molecule has 2 aromatic carbocycles. The zero-order valence-corrected chi connectivity index (χ0v) is 22.7. The van der Waals surface area contributed by atoms with Crippen molar-refractivity contribution in [3.8, 4) is 16.9 Å². The average Bonchev–Trinajstić information content (AvgIpc) is 3.34. The maximum atomic E-state index is 12.3. The first-order valence-electron chi connectivity index (χ1n) is 13.8. The smallest absolute Gasteiger partial charge is 0.426 e. The second-order valence-electron chi connectivity index (χ2n) is 10.7. The number of rotatable bonds is 8.